The van der Waals surface area contributed by atoms with Crippen LogP contribution in [-0.2, 0) is 19.6 Å². The molecule has 3 rings (SSSR count). The molecule has 2 aromatic rings. The number of hydrogen-bond acceptors (Lipinski definition) is 4. The molecular formula is C20H27N3O. The number of pyridine rings is 1. The maximum atomic E-state index is 5.41. The fourth-order valence-corrected chi connectivity index (χ4v) is 3.38. The average Bonchev–Trinajstić information content (AvgIpc) is 3.10. The second-order valence-corrected chi connectivity index (χ2v) is 6.58. The Morgan fingerprint density at radius 3 is 2.54 bits per heavy atom. The van der Waals surface area contributed by atoms with Gasteiger partial charge in [-0.1, -0.05) is 24.3 Å². The van der Waals surface area contributed by atoms with E-state index in [1.54, 1.807) is 7.11 Å². The van der Waals surface area contributed by atoms with Crippen LogP contribution in [0, 0.1) is 0 Å². The van der Waals surface area contributed by atoms with E-state index in [0.29, 0.717) is 0 Å². The third kappa shape index (κ3) is 4.34. The maximum absolute atomic E-state index is 5.41. The third-order valence-corrected chi connectivity index (χ3v) is 4.64. The van der Waals surface area contributed by atoms with E-state index in [2.05, 4.69) is 46.1 Å². The van der Waals surface area contributed by atoms with Gasteiger partial charge in [0.15, 0.2) is 0 Å². The van der Waals surface area contributed by atoms with Crippen LogP contribution in [-0.4, -0.2) is 42.0 Å². The first-order valence-electron chi connectivity index (χ1n) is 8.72. The van der Waals surface area contributed by atoms with Crippen molar-refractivity contribution in [1.29, 1.82) is 0 Å². The van der Waals surface area contributed by atoms with Crippen molar-refractivity contribution in [3.63, 3.8) is 0 Å². The lowest BCUT2D eigenvalue weighted by molar-refractivity contribution is 0.297. The standard InChI is InChI=1S/C20H27N3O/c1-22(16-19-20(24-2)10-7-11-21-19)14-17-8-3-4-9-18(17)15-23-12-5-6-13-23/h3-4,7-11H,5-6,12-16H2,1-2H3. The Morgan fingerprint density at radius 2 is 1.79 bits per heavy atom. The van der Waals surface area contributed by atoms with E-state index < -0.39 is 0 Å². The molecule has 0 aliphatic carbocycles. The molecule has 0 saturated carbocycles. The van der Waals surface area contributed by atoms with Crippen LogP contribution in [0.25, 0.3) is 0 Å². The topological polar surface area (TPSA) is 28.6 Å². The fourth-order valence-electron chi connectivity index (χ4n) is 3.38. The van der Waals surface area contributed by atoms with Gasteiger partial charge in [-0.3, -0.25) is 14.8 Å². The zero-order valence-electron chi connectivity index (χ0n) is 14.7. The lowest BCUT2D eigenvalue weighted by Crippen LogP contribution is -2.22. The van der Waals surface area contributed by atoms with Gasteiger partial charge in [-0.05, 0) is 56.2 Å². The SMILES string of the molecule is COc1cccnc1CN(C)Cc1ccccc1CN1CCCC1. The highest BCUT2D eigenvalue weighted by Crippen LogP contribution is 2.20. The number of hydrogen-bond donors (Lipinski definition) is 0. The highest BCUT2D eigenvalue weighted by molar-refractivity contribution is 5.28. The predicted molar refractivity (Wildman–Crippen MR) is 96.9 cm³/mol. The summed E-state index contributed by atoms with van der Waals surface area (Å²) in [6.45, 7) is 5.23. The summed E-state index contributed by atoms with van der Waals surface area (Å²) in [5.74, 6) is 0.856. The molecule has 0 amide bonds. The van der Waals surface area contributed by atoms with Crippen molar-refractivity contribution < 1.29 is 4.74 Å². The molecule has 1 aliphatic rings. The molecule has 0 atom stereocenters. The van der Waals surface area contributed by atoms with Gasteiger partial charge in [0.05, 0.1) is 12.8 Å². The van der Waals surface area contributed by atoms with Crippen molar-refractivity contribution in [3.05, 3.63) is 59.4 Å². The van der Waals surface area contributed by atoms with Crippen LogP contribution in [0.15, 0.2) is 42.6 Å². The molecule has 24 heavy (non-hydrogen) atoms. The minimum Gasteiger partial charge on any atom is -0.495 e. The molecule has 4 heteroatoms. The van der Waals surface area contributed by atoms with E-state index in [0.717, 1.165) is 31.1 Å². The van der Waals surface area contributed by atoms with Gasteiger partial charge >= 0.3 is 0 Å². The van der Waals surface area contributed by atoms with Crippen molar-refractivity contribution in [2.75, 3.05) is 27.2 Å². The molecule has 0 radical (unpaired) electrons. The van der Waals surface area contributed by atoms with Gasteiger partial charge < -0.3 is 4.74 Å². The van der Waals surface area contributed by atoms with Gasteiger partial charge in [0.1, 0.15) is 5.75 Å². The number of methoxy groups -OCH3 is 1. The molecule has 4 nitrogen and oxygen atoms in total. The summed E-state index contributed by atoms with van der Waals surface area (Å²) in [5, 5.41) is 0. The third-order valence-electron chi connectivity index (χ3n) is 4.64. The smallest absolute Gasteiger partial charge is 0.141 e. The summed E-state index contributed by atoms with van der Waals surface area (Å²) in [5.41, 5.74) is 3.83. The summed E-state index contributed by atoms with van der Waals surface area (Å²) in [7, 11) is 3.84. The van der Waals surface area contributed by atoms with E-state index in [4.69, 9.17) is 4.74 Å². The molecule has 1 saturated heterocycles. The molecule has 1 aromatic carbocycles. The number of aromatic nitrogens is 1. The fraction of sp³-hybridized carbons (Fsp3) is 0.450. The van der Waals surface area contributed by atoms with E-state index in [1.807, 2.05) is 18.3 Å². The van der Waals surface area contributed by atoms with Crippen molar-refractivity contribution in [1.82, 2.24) is 14.8 Å². The summed E-state index contributed by atoms with van der Waals surface area (Å²) < 4.78 is 5.41. The first kappa shape index (κ1) is 16.9. The largest absolute Gasteiger partial charge is 0.495 e. The van der Waals surface area contributed by atoms with Crippen LogP contribution in [0.1, 0.15) is 29.7 Å². The molecule has 1 aliphatic heterocycles. The second-order valence-electron chi connectivity index (χ2n) is 6.58. The summed E-state index contributed by atoms with van der Waals surface area (Å²) >= 11 is 0. The van der Waals surface area contributed by atoms with Crippen LogP contribution in [0.3, 0.4) is 0 Å². The van der Waals surface area contributed by atoms with E-state index >= 15 is 0 Å². The Kier molecular flexibility index (Phi) is 5.83. The minimum atomic E-state index is 0.780. The molecule has 0 bridgehead atoms. The number of ether oxygens (including phenoxy) is 1. The lowest BCUT2D eigenvalue weighted by atomic mass is 10.1. The van der Waals surface area contributed by atoms with Crippen molar-refractivity contribution in [2.24, 2.45) is 0 Å². The number of nitrogens with zero attached hydrogens (tertiary/aromatic N) is 3. The normalized spacial score (nSPS) is 15.1. The van der Waals surface area contributed by atoms with Crippen LogP contribution in [0.4, 0.5) is 0 Å². The molecular weight excluding hydrogens is 298 g/mol. The van der Waals surface area contributed by atoms with Gasteiger partial charge in [-0.25, -0.2) is 0 Å². The Bertz CT molecular complexity index is 653. The highest BCUT2D eigenvalue weighted by Gasteiger charge is 2.15. The quantitative estimate of drug-likeness (QED) is 0.781. The summed E-state index contributed by atoms with van der Waals surface area (Å²) in [6.07, 6.45) is 4.50. The Balaban J connectivity index is 1.66. The van der Waals surface area contributed by atoms with Crippen LogP contribution in [0.5, 0.6) is 5.75 Å². The Hall–Kier alpha value is -1.91. The summed E-state index contributed by atoms with van der Waals surface area (Å²) in [4.78, 5) is 9.32. The zero-order chi connectivity index (χ0) is 16.8. The van der Waals surface area contributed by atoms with Crippen LogP contribution < -0.4 is 4.74 Å². The second kappa shape index (κ2) is 8.27. The zero-order valence-corrected chi connectivity index (χ0v) is 14.7. The van der Waals surface area contributed by atoms with Gasteiger partial charge in [0, 0.05) is 25.8 Å². The average molecular weight is 325 g/mol. The van der Waals surface area contributed by atoms with E-state index in [9.17, 15) is 0 Å². The summed E-state index contributed by atoms with van der Waals surface area (Å²) in [6, 6.07) is 12.7. The number of benzene rings is 1. The Morgan fingerprint density at radius 1 is 1.04 bits per heavy atom. The first-order chi connectivity index (χ1) is 11.8. The monoisotopic (exact) mass is 325 g/mol. The van der Waals surface area contributed by atoms with Crippen LogP contribution >= 0.6 is 0 Å². The number of likely N-dealkylation sites (tertiary alicyclic amines) is 1. The van der Waals surface area contributed by atoms with Crippen molar-refractivity contribution >= 4 is 0 Å². The molecule has 2 heterocycles. The predicted octanol–water partition coefficient (Wildman–Crippen LogP) is 3.32. The Labute approximate surface area is 145 Å². The van der Waals surface area contributed by atoms with Gasteiger partial charge in [0.2, 0.25) is 0 Å². The highest BCUT2D eigenvalue weighted by atomic mass is 16.5. The van der Waals surface area contributed by atoms with Gasteiger partial charge in [-0.2, -0.15) is 0 Å². The molecule has 128 valence electrons. The molecule has 0 spiro atoms. The van der Waals surface area contributed by atoms with Gasteiger partial charge in [0.25, 0.3) is 0 Å². The first-order valence-corrected chi connectivity index (χ1v) is 8.72. The van der Waals surface area contributed by atoms with Crippen LogP contribution in [0.2, 0.25) is 0 Å². The van der Waals surface area contributed by atoms with Crippen molar-refractivity contribution in [2.45, 2.75) is 32.5 Å². The molecule has 0 unspecified atom stereocenters. The molecule has 0 N–H and O–H groups in total. The maximum Gasteiger partial charge on any atom is 0.141 e. The molecule has 1 aromatic heterocycles. The van der Waals surface area contributed by atoms with Gasteiger partial charge in [-0.15, -0.1) is 0 Å². The van der Waals surface area contributed by atoms with Crippen molar-refractivity contribution in [3.8, 4) is 5.75 Å². The lowest BCUT2D eigenvalue weighted by Gasteiger charge is -2.22. The minimum absolute atomic E-state index is 0.780. The molecule has 1 fully saturated rings. The van der Waals surface area contributed by atoms with E-state index in [1.165, 1.54) is 37.1 Å². The van der Waals surface area contributed by atoms with E-state index in [-0.39, 0.29) is 0 Å². The number of rotatable bonds is 7.